The van der Waals surface area contributed by atoms with Crippen LogP contribution in [0.5, 0.6) is 0 Å². The van der Waals surface area contributed by atoms with Crippen LogP contribution in [0.3, 0.4) is 0 Å². The maximum atomic E-state index is 12.1. The first kappa shape index (κ1) is 22.4. The van der Waals surface area contributed by atoms with Gasteiger partial charge in [-0.3, -0.25) is 4.90 Å². The number of carbonyl (C=O) groups excluding carboxylic acids is 1. The summed E-state index contributed by atoms with van der Waals surface area (Å²) in [6.45, 7) is 8.94. The molecule has 6 nitrogen and oxygen atoms in total. The lowest BCUT2D eigenvalue weighted by Gasteiger charge is -2.24. The van der Waals surface area contributed by atoms with Crippen molar-refractivity contribution < 1.29 is 9.53 Å². The Labute approximate surface area is 196 Å². The number of fused-ring (bicyclic) bond motifs is 2. The van der Waals surface area contributed by atoms with Gasteiger partial charge in [0.05, 0.1) is 0 Å². The van der Waals surface area contributed by atoms with Gasteiger partial charge in [-0.1, -0.05) is 36.4 Å². The van der Waals surface area contributed by atoms with Gasteiger partial charge in [0.1, 0.15) is 5.60 Å². The minimum atomic E-state index is -0.452. The van der Waals surface area contributed by atoms with E-state index in [-0.39, 0.29) is 17.2 Å². The highest BCUT2D eigenvalue weighted by Crippen LogP contribution is 2.44. The molecule has 176 valence electrons. The molecule has 2 heterocycles. The third kappa shape index (κ3) is 4.79. The lowest BCUT2D eigenvalue weighted by molar-refractivity contribution is 0.0242. The van der Waals surface area contributed by atoms with Crippen LogP contribution < -0.4 is 16.8 Å². The van der Waals surface area contributed by atoms with Crippen molar-refractivity contribution in [3.8, 4) is 0 Å². The van der Waals surface area contributed by atoms with E-state index < -0.39 is 5.60 Å². The molecule has 0 saturated heterocycles. The third-order valence-corrected chi connectivity index (χ3v) is 7.14. The number of amides is 1. The maximum absolute atomic E-state index is 12.1. The third-order valence-electron chi connectivity index (χ3n) is 7.14. The van der Waals surface area contributed by atoms with Gasteiger partial charge in [-0.15, -0.1) is 0 Å². The number of nitrogens with zero attached hydrogens (tertiary/aromatic N) is 1. The Morgan fingerprint density at radius 2 is 1.36 bits per heavy atom. The predicted octanol–water partition coefficient (Wildman–Crippen LogP) is 4.12. The van der Waals surface area contributed by atoms with Crippen LogP contribution in [0.1, 0.15) is 79.8 Å². The molecule has 2 saturated carbocycles. The molecule has 2 fully saturated rings. The highest BCUT2D eigenvalue weighted by molar-refractivity contribution is 5.69. The topological polar surface area (TPSA) is 93.6 Å². The molecule has 2 aromatic carbocycles. The molecule has 0 aromatic heterocycles. The van der Waals surface area contributed by atoms with Gasteiger partial charge in [-0.05, 0) is 79.8 Å². The van der Waals surface area contributed by atoms with E-state index in [1.807, 2.05) is 20.8 Å². The summed E-state index contributed by atoms with van der Waals surface area (Å²) in [4.78, 5) is 13.8. The van der Waals surface area contributed by atoms with Crippen LogP contribution in [-0.2, 0) is 42.0 Å². The van der Waals surface area contributed by atoms with Gasteiger partial charge in [0.2, 0.25) is 0 Å². The molecule has 0 unspecified atom stereocenters. The maximum Gasteiger partial charge on any atom is 0.410 e. The summed E-state index contributed by atoms with van der Waals surface area (Å²) in [6, 6.07) is 13.1. The standard InChI is InChI=1S/C16H22N2O2.C11H14N2/c1-15(2,3)20-14(19)18-9-11-4-5-13(8-12(11)10-18)16(17)6-7-16;12-11(3-4-11)10-2-1-8-6-13-7-9(8)5-10/h4-5,8H,6-7,9-10,17H2,1-3H3;1-2,5,13H,3-4,6-7,12H2. The lowest BCUT2D eigenvalue weighted by atomic mass is 10.0. The molecule has 4 aliphatic rings. The number of ether oxygens (including phenoxy) is 1. The van der Waals surface area contributed by atoms with E-state index in [0.29, 0.717) is 13.1 Å². The van der Waals surface area contributed by atoms with Crippen molar-refractivity contribution in [2.45, 2.75) is 89.3 Å². The molecule has 2 aliphatic heterocycles. The van der Waals surface area contributed by atoms with Crippen LogP contribution in [0.15, 0.2) is 36.4 Å². The number of nitrogens with one attached hydrogen (secondary N) is 1. The zero-order valence-corrected chi connectivity index (χ0v) is 20.0. The van der Waals surface area contributed by atoms with Crippen molar-refractivity contribution in [3.05, 3.63) is 69.8 Å². The van der Waals surface area contributed by atoms with Crippen LogP contribution in [0.2, 0.25) is 0 Å². The summed E-state index contributed by atoms with van der Waals surface area (Å²) in [6.07, 6.45) is 4.17. The number of hydrogen-bond acceptors (Lipinski definition) is 5. The summed E-state index contributed by atoms with van der Waals surface area (Å²) in [5.41, 5.74) is 19.6. The zero-order chi connectivity index (χ0) is 23.4. The van der Waals surface area contributed by atoms with Gasteiger partial charge in [-0.2, -0.15) is 0 Å². The molecule has 33 heavy (non-hydrogen) atoms. The average molecular weight is 449 g/mol. The summed E-state index contributed by atoms with van der Waals surface area (Å²) < 4.78 is 5.43. The zero-order valence-electron chi connectivity index (χ0n) is 20.0. The van der Waals surface area contributed by atoms with Crippen molar-refractivity contribution in [2.24, 2.45) is 11.5 Å². The Bertz CT molecular complexity index is 1080. The van der Waals surface area contributed by atoms with Crippen molar-refractivity contribution in [3.63, 3.8) is 0 Å². The lowest BCUT2D eigenvalue weighted by Crippen LogP contribution is -2.33. The molecular weight excluding hydrogens is 412 g/mol. The minimum Gasteiger partial charge on any atom is -0.444 e. The SMILES string of the molecule is CC(C)(C)OC(=O)N1Cc2ccc(C3(N)CC3)cc2C1.NC1(c2ccc3c(c2)CNC3)CC1. The molecule has 0 atom stereocenters. The first-order valence-electron chi connectivity index (χ1n) is 12.1. The van der Waals surface area contributed by atoms with Gasteiger partial charge in [0.25, 0.3) is 0 Å². The van der Waals surface area contributed by atoms with Crippen molar-refractivity contribution in [1.82, 2.24) is 10.2 Å². The van der Waals surface area contributed by atoms with E-state index in [9.17, 15) is 4.79 Å². The van der Waals surface area contributed by atoms with Crippen molar-refractivity contribution in [2.75, 3.05) is 0 Å². The van der Waals surface area contributed by atoms with Crippen LogP contribution in [0, 0.1) is 0 Å². The van der Waals surface area contributed by atoms with Gasteiger partial charge in [0.15, 0.2) is 0 Å². The molecule has 2 aliphatic carbocycles. The Morgan fingerprint density at radius 3 is 1.94 bits per heavy atom. The van der Waals surface area contributed by atoms with Gasteiger partial charge in [-0.25, -0.2) is 4.79 Å². The van der Waals surface area contributed by atoms with Crippen molar-refractivity contribution in [1.29, 1.82) is 0 Å². The molecular formula is C27H36N4O2. The monoisotopic (exact) mass is 448 g/mol. The normalized spacial score (nSPS) is 20.9. The largest absolute Gasteiger partial charge is 0.444 e. The quantitative estimate of drug-likeness (QED) is 0.642. The Morgan fingerprint density at radius 1 is 0.848 bits per heavy atom. The fourth-order valence-corrected chi connectivity index (χ4v) is 4.61. The van der Waals surface area contributed by atoms with E-state index in [4.69, 9.17) is 16.2 Å². The van der Waals surface area contributed by atoms with Gasteiger partial charge < -0.3 is 21.5 Å². The fourth-order valence-electron chi connectivity index (χ4n) is 4.61. The molecule has 6 rings (SSSR count). The first-order chi connectivity index (χ1) is 15.5. The smallest absolute Gasteiger partial charge is 0.410 e. The first-order valence-corrected chi connectivity index (χ1v) is 12.1. The second kappa shape index (κ2) is 7.83. The number of rotatable bonds is 2. The highest BCUT2D eigenvalue weighted by Gasteiger charge is 2.41. The van der Waals surface area contributed by atoms with Crippen LogP contribution in [-0.4, -0.2) is 16.6 Å². The molecule has 1 amide bonds. The van der Waals surface area contributed by atoms with E-state index in [0.717, 1.165) is 38.8 Å². The van der Waals surface area contributed by atoms with Crippen LogP contribution in [0.4, 0.5) is 4.79 Å². The summed E-state index contributed by atoms with van der Waals surface area (Å²) in [5.74, 6) is 0. The van der Waals surface area contributed by atoms with Gasteiger partial charge >= 0.3 is 6.09 Å². The Balaban J connectivity index is 0.000000151. The minimum absolute atomic E-state index is 0.0254. The van der Waals surface area contributed by atoms with E-state index in [1.54, 1.807) is 4.90 Å². The Hall–Kier alpha value is -2.41. The molecule has 0 bridgehead atoms. The molecule has 5 N–H and O–H groups in total. The highest BCUT2D eigenvalue weighted by atomic mass is 16.6. The van der Waals surface area contributed by atoms with E-state index in [2.05, 4.69) is 41.7 Å². The fraction of sp³-hybridized carbons (Fsp3) is 0.519. The van der Waals surface area contributed by atoms with Gasteiger partial charge in [0, 0.05) is 37.3 Å². The number of benzene rings is 2. The second-order valence-electron chi connectivity index (χ2n) is 11.2. The summed E-state index contributed by atoms with van der Waals surface area (Å²) in [7, 11) is 0. The molecule has 6 heteroatoms. The number of nitrogens with two attached hydrogens (primary N) is 2. The summed E-state index contributed by atoms with van der Waals surface area (Å²) in [5, 5.41) is 3.35. The average Bonchev–Trinajstić information content (AvgIpc) is 3.56. The van der Waals surface area contributed by atoms with E-state index >= 15 is 0 Å². The van der Waals surface area contributed by atoms with Crippen LogP contribution >= 0.6 is 0 Å². The van der Waals surface area contributed by atoms with Crippen LogP contribution in [0.25, 0.3) is 0 Å². The second-order valence-corrected chi connectivity index (χ2v) is 11.2. The number of carbonyl (C=O) groups is 1. The number of hydrogen-bond donors (Lipinski definition) is 3. The Kier molecular flexibility index (Phi) is 5.31. The molecule has 0 radical (unpaired) electrons. The predicted molar refractivity (Wildman–Crippen MR) is 129 cm³/mol. The molecule has 0 spiro atoms. The van der Waals surface area contributed by atoms with E-state index in [1.165, 1.54) is 33.4 Å². The van der Waals surface area contributed by atoms with Crippen molar-refractivity contribution >= 4 is 6.09 Å². The summed E-state index contributed by atoms with van der Waals surface area (Å²) >= 11 is 0. The molecule has 2 aromatic rings.